The van der Waals surface area contributed by atoms with Crippen LogP contribution in [0.5, 0.6) is 0 Å². The Morgan fingerprint density at radius 1 is 1.22 bits per heavy atom. The van der Waals surface area contributed by atoms with E-state index in [1.54, 1.807) is 0 Å². The molecule has 0 aromatic heterocycles. The van der Waals surface area contributed by atoms with Crippen molar-refractivity contribution in [1.29, 1.82) is 0 Å². The second-order valence-corrected chi connectivity index (χ2v) is 5.16. The van der Waals surface area contributed by atoms with Gasteiger partial charge in [0, 0.05) is 24.8 Å². The summed E-state index contributed by atoms with van der Waals surface area (Å²) in [5.74, 6) is -2.90. The minimum absolute atomic E-state index is 0.000206. The molecule has 0 amide bonds. The maximum atomic E-state index is 13.6. The molecule has 3 unspecified atom stereocenters. The van der Waals surface area contributed by atoms with Crippen molar-refractivity contribution in [2.45, 2.75) is 18.7 Å². The largest absolute Gasteiger partial charge is 0.381 e. The molecule has 1 aromatic rings. The molecule has 3 atom stereocenters. The zero-order chi connectivity index (χ0) is 13.3. The number of hydrogen-bond donors (Lipinski definition) is 0. The maximum absolute atomic E-state index is 13.6. The molecular formula is C13H14ClF3O. The molecule has 1 aliphatic heterocycles. The highest BCUT2D eigenvalue weighted by atomic mass is 35.5. The fraction of sp³-hybridized carbons (Fsp3) is 0.538. The molecule has 0 bridgehead atoms. The summed E-state index contributed by atoms with van der Waals surface area (Å²) in [5.41, 5.74) is 0.0225. The van der Waals surface area contributed by atoms with E-state index in [0.717, 1.165) is 6.07 Å². The van der Waals surface area contributed by atoms with Crippen LogP contribution in [0.4, 0.5) is 13.2 Å². The molecule has 0 aliphatic carbocycles. The van der Waals surface area contributed by atoms with Crippen LogP contribution in [0.3, 0.4) is 0 Å². The first-order chi connectivity index (χ1) is 8.50. The van der Waals surface area contributed by atoms with Crippen molar-refractivity contribution >= 4 is 11.6 Å². The lowest BCUT2D eigenvalue weighted by Gasteiger charge is -2.32. The van der Waals surface area contributed by atoms with Gasteiger partial charge in [0.1, 0.15) is 5.82 Å². The average molecular weight is 279 g/mol. The number of benzene rings is 1. The van der Waals surface area contributed by atoms with Gasteiger partial charge in [-0.1, -0.05) is 6.92 Å². The minimum Gasteiger partial charge on any atom is -0.381 e. The summed E-state index contributed by atoms with van der Waals surface area (Å²) in [5, 5.41) is -0.668. The summed E-state index contributed by atoms with van der Waals surface area (Å²) in [4.78, 5) is 0. The van der Waals surface area contributed by atoms with Crippen LogP contribution in [-0.2, 0) is 4.74 Å². The Hall–Kier alpha value is -0.740. The summed E-state index contributed by atoms with van der Waals surface area (Å²) >= 11 is 6.22. The monoisotopic (exact) mass is 278 g/mol. The van der Waals surface area contributed by atoms with Crippen molar-refractivity contribution in [3.05, 3.63) is 35.1 Å². The Kier molecular flexibility index (Phi) is 4.17. The van der Waals surface area contributed by atoms with Crippen molar-refractivity contribution in [3.63, 3.8) is 0 Å². The molecule has 18 heavy (non-hydrogen) atoms. The number of rotatable bonds is 2. The SMILES string of the molecule is CC1COCCC1C(Cl)c1cc(F)c(F)cc1F. The lowest BCUT2D eigenvalue weighted by molar-refractivity contribution is 0.0225. The fourth-order valence-electron chi connectivity index (χ4n) is 2.31. The zero-order valence-corrected chi connectivity index (χ0v) is 10.7. The first-order valence-corrected chi connectivity index (χ1v) is 6.30. The van der Waals surface area contributed by atoms with Crippen molar-refractivity contribution in [1.82, 2.24) is 0 Å². The lowest BCUT2D eigenvalue weighted by atomic mass is 9.84. The molecule has 5 heteroatoms. The molecule has 1 saturated heterocycles. The Labute approximate surface area is 109 Å². The third-order valence-corrected chi connectivity index (χ3v) is 3.98. The number of hydrogen-bond acceptors (Lipinski definition) is 1. The van der Waals surface area contributed by atoms with Crippen LogP contribution in [0.15, 0.2) is 12.1 Å². The van der Waals surface area contributed by atoms with Crippen molar-refractivity contribution in [2.24, 2.45) is 11.8 Å². The van der Waals surface area contributed by atoms with Gasteiger partial charge in [-0.3, -0.25) is 0 Å². The van der Waals surface area contributed by atoms with Crippen LogP contribution in [0, 0.1) is 29.3 Å². The fourth-order valence-corrected chi connectivity index (χ4v) is 2.85. The van der Waals surface area contributed by atoms with Gasteiger partial charge in [0.05, 0.1) is 5.38 Å². The second kappa shape index (κ2) is 5.49. The van der Waals surface area contributed by atoms with E-state index < -0.39 is 22.8 Å². The Balaban J connectivity index is 2.27. The van der Waals surface area contributed by atoms with Crippen molar-refractivity contribution < 1.29 is 17.9 Å². The number of halogens is 4. The molecule has 100 valence electrons. The van der Waals surface area contributed by atoms with E-state index >= 15 is 0 Å². The average Bonchev–Trinajstić information content (AvgIpc) is 2.33. The third kappa shape index (κ3) is 2.64. The van der Waals surface area contributed by atoms with Crippen LogP contribution in [0.2, 0.25) is 0 Å². The minimum atomic E-state index is -1.19. The van der Waals surface area contributed by atoms with E-state index in [0.29, 0.717) is 25.7 Å². The normalized spacial score (nSPS) is 26.1. The zero-order valence-electron chi connectivity index (χ0n) is 9.93. The molecule has 1 heterocycles. The van der Waals surface area contributed by atoms with Gasteiger partial charge in [0.2, 0.25) is 0 Å². The van der Waals surface area contributed by atoms with E-state index in [1.165, 1.54) is 0 Å². The van der Waals surface area contributed by atoms with Gasteiger partial charge in [-0.15, -0.1) is 11.6 Å². The molecule has 0 N–H and O–H groups in total. The third-order valence-electron chi connectivity index (χ3n) is 3.42. The summed E-state index contributed by atoms with van der Waals surface area (Å²) in [7, 11) is 0. The molecule has 2 rings (SSSR count). The molecule has 1 aliphatic rings. The first-order valence-electron chi connectivity index (χ1n) is 5.87. The molecular weight excluding hydrogens is 265 g/mol. The van der Waals surface area contributed by atoms with Gasteiger partial charge < -0.3 is 4.74 Å². The standard InChI is InChI=1S/C13H14ClF3O/c1-7-6-18-3-2-8(7)13(14)9-4-11(16)12(17)5-10(9)15/h4-5,7-8,13H,2-3,6H2,1H3. The topological polar surface area (TPSA) is 9.23 Å². The highest BCUT2D eigenvalue weighted by Crippen LogP contribution is 2.39. The van der Waals surface area contributed by atoms with Crippen molar-refractivity contribution in [3.8, 4) is 0 Å². The molecule has 0 saturated carbocycles. The lowest BCUT2D eigenvalue weighted by Crippen LogP contribution is -2.28. The van der Waals surface area contributed by atoms with E-state index in [4.69, 9.17) is 16.3 Å². The number of ether oxygens (including phenoxy) is 1. The molecule has 1 nitrogen and oxygen atoms in total. The van der Waals surface area contributed by atoms with E-state index in [-0.39, 0.29) is 17.4 Å². The van der Waals surface area contributed by atoms with Crippen LogP contribution in [-0.4, -0.2) is 13.2 Å². The first kappa shape index (κ1) is 13.7. The van der Waals surface area contributed by atoms with Crippen LogP contribution in [0.25, 0.3) is 0 Å². The van der Waals surface area contributed by atoms with Gasteiger partial charge in [0.25, 0.3) is 0 Å². The summed E-state index contributed by atoms with van der Waals surface area (Å²) in [6.45, 7) is 3.07. The van der Waals surface area contributed by atoms with Crippen molar-refractivity contribution in [2.75, 3.05) is 13.2 Å². The predicted octanol–water partition coefficient (Wildman–Crippen LogP) is 4.06. The molecule has 0 radical (unpaired) electrons. The Bertz CT molecular complexity index is 438. The van der Waals surface area contributed by atoms with Gasteiger partial charge in [-0.2, -0.15) is 0 Å². The Morgan fingerprint density at radius 3 is 2.56 bits per heavy atom. The Morgan fingerprint density at radius 2 is 1.89 bits per heavy atom. The molecule has 0 spiro atoms. The smallest absolute Gasteiger partial charge is 0.161 e. The van der Waals surface area contributed by atoms with Gasteiger partial charge in [-0.05, 0) is 24.3 Å². The van der Waals surface area contributed by atoms with Crippen LogP contribution in [0.1, 0.15) is 24.3 Å². The second-order valence-electron chi connectivity index (χ2n) is 4.69. The summed E-state index contributed by atoms with van der Waals surface area (Å²) < 4.78 is 44.9. The summed E-state index contributed by atoms with van der Waals surface area (Å²) in [6.07, 6.45) is 0.688. The van der Waals surface area contributed by atoms with E-state index in [1.807, 2.05) is 6.92 Å². The quantitative estimate of drug-likeness (QED) is 0.586. The predicted molar refractivity (Wildman–Crippen MR) is 63.0 cm³/mol. The number of alkyl halides is 1. The van der Waals surface area contributed by atoms with Crippen LogP contribution < -0.4 is 0 Å². The van der Waals surface area contributed by atoms with Gasteiger partial charge in [-0.25, -0.2) is 13.2 Å². The van der Waals surface area contributed by atoms with Crippen LogP contribution >= 0.6 is 11.6 Å². The van der Waals surface area contributed by atoms with Gasteiger partial charge in [0.15, 0.2) is 11.6 Å². The maximum Gasteiger partial charge on any atom is 0.161 e. The van der Waals surface area contributed by atoms with E-state index in [2.05, 4.69) is 0 Å². The molecule has 1 aromatic carbocycles. The highest BCUT2D eigenvalue weighted by Gasteiger charge is 2.31. The summed E-state index contributed by atoms with van der Waals surface area (Å²) in [6, 6.07) is 1.40. The highest BCUT2D eigenvalue weighted by molar-refractivity contribution is 6.21. The van der Waals surface area contributed by atoms with E-state index in [9.17, 15) is 13.2 Å². The molecule has 1 fully saturated rings. The van der Waals surface area contributed by atoms with Gasteiger partial charge >= 0.3 is 0 Å².